The third kappa shape index (κ3) is 2.83. The molecule has 0 aliphatic heterocycles. The number of hydrogen-bond acceptors (Lipinski definition) is 4. The number of nitro groups is 1. The fourth-order valence-corrected chi connectivity index (χ4v) is 1.93. The van der Waals surface area contributed by atoms with E-state index in [0.717, 1.165) is 11.8 Å². The van der Waals surface area contributed by atoms with Gasteiger partial charge in [-0.05, 0) is 49.2 Å². The van der Waals surface area contributed by atoms with Crippen LogP contribution in [0.4, 0.5) is 5.69 Å². The van der Waals surface area contributed by atoms with E-state index < -0.39 is 4.92 Å². The van der Waals surface area contributed by atoms with E-state index in [4.69, 9.17) is 4.74 Å². The molecule has 0 amide bonds. The Kier molecular flexibility index (Phi) is 3.79. The molecule has 2 rings (SSSR count). The average molecular weight is 271 g/mol. The first kappa shape index (κ1) is 13.7. The van der Waals surface area contributed by atoms with Crippen LogP contribution < -0.4 is 4.74 Å². The molecule has 0 radical (unpaired) electrons. The summed E-state index contributed by atoms with van der Waals surface area (Å²) in [6, 6.07) is 9.69. The fraction of sp³-hybridized carbons (Fsp3) is 0.133. The van der Waals surface area contributed by atoms with Gasteiger partial charge >= 0.3 is 5.69 Å². The van der Waals surface area contributed by atoms with E-state index in [2.05, 4.69) is 0 Å². The molecule has 0 saturated carbocycles. The Bertz CT molecular complexity index is 662. The molecule has 0 unspecified atom stereocenters. The van der Waals surface area contributed by atoms with Crippen LogP contribution in [0.5, 0.6) is 11.5 Å². The smallest absolute Gasteiger partial charge is 0.312 e. The zero-order valence-electron chi connectivity index (χ0n) is 11.1. The second-order valence-corrected chi connectivity index (χ2v) is 4.48. The molecule has 0 fully saturated rings. The van der Waals surface area contributed by atoms with Crippen molar-refractivity contribution in [2.24, 2.45) is 0 Å². The number of aldehydes is 1. The molecular formula is C15H13NO4. The summed E-state index contributed by atoms with van der Waals surface area (Å²) >= 11 is 0. The first-order valence-corrected chi connectivity index (χ1v) is 6.00. The zero-order chi connectivity index (χ0) is 14.7. The Morgan fingerprint density at radius 1 is 1.15 bits per heavy atom. The highest BCUT2D eigenvalue weighted by Crippen LogP contribution is 2.35. The van der Waals surface area contributed by atoms with Gasteiger partial charge in [0.2, 0.25) is 5.75 Å². The van der Waals surface area contributed by atoms with Crippen LogP contribution >= 0.6 is 0 Å². The van der Waals surface area contributed by atoms with Gasteiger partial charge in [0.15, 0.2) is 0 Å². The van der Waals surface area contributed by atoms with Crippen LogP contribution in [0.25, 0.3) is 0 Å². The molecule has 0 bridgehead atoms. The van der Waals surface area contributed by atoms with Crippen molar-refractivity contribution in [3.8, 4) is 11.5 Å². The third-order valence-corrected chi connectivity index (χ3v) is 2.83. The summed E-state index contributed by atoms with van der Waals surface area (Å²) < 4.78 is 5.60. The molecule has 102 valence electrons. The van der Waals surface area contributed by atoms with Crippen LogP contribution in [0.1, 0.15) is 21.5 Å². The van der Waals surface area contributed by atoms with Crippen LogP contribution in [0.2, 0.25) is 0 Å². The van der Waals surface area contributed by atoms with Crippen LogP contribution in [0.15, 0.2) is 36.4 Å². The Morgan fingerprint density at radius 2 is 1.80 bits per heavy atom. The average Bonchev–Trinajstić information content (AvgIpc) is 2.42. The summed E-state index contributed by atoms with van der Waals surface area (Å²) in [6.45, 7) is 3.55. The fourth-order valence-electron chi connectivity index (χ4n) is 1.93. The number of aryl methyl sites for hydroxylation is 2. The van der Waals surface area contributed by atoms with Crippen molar-refractivity contribution in [3.63, 3.8) is 0 Å². The lowest BCUT2D eigenvalue weighted by atomic mass is 10.1. The number of benzene rings is 2. The van der Waals surface area contributed by atoms with E-state index in [-0.39, 0.29) is 11.4 Å². The molecule has 5 nitrogen and oxygen atoms in total. The monoisotopic (exact) mass is 271 g/mol. The number of carbonyl (C=O) groups is 1. The van der Waals surface area contributed by atoms with E-state index in [1.165, 1.54) is 6.07 Å². The van der Waals surface area contributed by atoms with Crippen molar-refractivity contribution in [1.82, 2.24) is 0 Å². The maximum absolute atomic E-state index is 11.1. The molecule has 0 atom stereocenters. The molecule has 20 heavy (non-hydrogen) atoms. The first-order valence-electron chi connectivity index (χ1n) is 6.00. The van der Waals surface area contributed by atoms with Gasteiger partial charge in [0, 0.05) is 11.6 Å². The van der Waals surface area contributed by atoms with Gasteiger partial charge in [-0.1, -0.05) is 6.07 Å². The predicted molar refractivity (Wildman–Crippen MR) is 74.5 cm³/mol. The van der Waals surface area contributed by atoms with E-state index in [1.54, 1.807) is 38.1 Å². The second kappa shape index (κ2) is 5.52. The van der Waals surface area contributed by atoms with Gasteiger partial charge in [0.05, 0.1) is 4.92 Å². The number of rotatable bonds is 4. The topological polar surface area (TPSA) is 69.4 Å². The van der Waals surface area contributed by atoms with Crippen molar-refractivity contribution in [1.29, 1.82) is 0 Å². The van der Waals surface area contributed by atoms with Crippen molar-refractivity contribution in [3.05, 3.63) is 63.2 Å². The number of nitro benzene ring substituents is 1. The van der Waals surface area contributed by atoms with Gasteiger partial charge < -0.3 is 4.74 Å². The molecule has 0 aromatic heterocycles. The van der Waals surface area contributed by atoms with E-state index >= 15 is 0 Å². The number of carbonyl (C=O) groups excluding carboxylic acids is 1. The maximum Gasteiger partial charge on any atom is 0.312 e. The van der Waals surface area contributed by atoms with Gasteiger partial charge in [-0.25, -0.2) is 0 Å². The highest BCUT2D eigenvalue weighted by molar-refractivity contribution is 5.74. The predicted octanol–water partition coefficient (Wildman–Crippen LogP) is 3.82. The van der Waals surface area contributed by atoms with Crippen molar-refractivity contribution >= 4 is 12.0 Å². The molecule has 5 heteroatoms. The van der Waals surface area contributed by atoms with Gasteiger partial charge in [0.1, 0.15) is 12.0 Å². The summed E-state index contributed by atoms with van der Waals surface area (Å²) in [5.74, 6) is 0.671. The minimum absolute atomic E-state index is 0.0676. The molecular weight excluding hydrogens is 258 g/mol. The summed E-state index contributed by atoms with van der Waals surface area (Å²) in [5, 5.41) is 11.1. The van der Waals surface area contributed by atoms with Gasteiger partial charge in [-0.3, -0.25) is 14.9 Å². The Morgan fingerprint density at radius 3 is 2.35 bits per heavy atom. The third-order valence-electron chi connectivity index (χ3n) is 2.83. The summed E-state index contributed by atoms with van der Waals surface area (Å²) in [7, 11) is 0. The molecule has 2 aromatic rings. The lowest BCUT2D eigenvalue weighted by Gasteiger charge is -2.10. The van der Waals surface area contributed by atoms with Gasteiger partial charge in [-0.2, -0.15) is 0 Å². The summed E-state index contributed by atoms with van der Waals surface area (Å²) in [4.78, 5) is 21.2. The highest BCUT2D eigenvalue weighted by Gasteiger charge is 2.19. The Balaban J connectivity index is 2.41. The normalized spacial score (nSPS) is 10.1. The van der Waals surface area contributed by atoms with Crippen LogP contribution in [-0.4, -0.2) is 11.2 Å². The Hall–Kier alpha value is -2.69. The second-order valence-electron chi connectivity index (χ2n) is 4.48. The van der Waals surface area contributed by atoms with Crippen molar-refractivity contribution < 1.29 is 14.5 Å². The molecule has 0 heterocycles. The largest absolute Gasteiger partial charge is 0.450 e. The molecule has 0 saturated heterocycles. The highest BCUT2D eigenvalue weighted by atomic mass is 16.6. The standard InChI is InChI=1S/C15H13NO4/c1-10-7-11(2)15(14(8-10)16(18)19)20-13-5-3-12(9-17)4-6-13/h3-9H,1-2H3. The minimum atomic E-state index is -0.463. The van der Waals surface area contributed by atoms with Crippen molar-refractivity contribution in [2.45, 2.75) is 13.8 Å². The SMILES string of the molecule is Cc1cc(C)c(Oc2ccc(C=O)cc2)c([N+](=O)[O-])c1. The quantitative estimate of drug-likeness (QED) is 0.481. The minimum Gasteiger partial charge on any atom is -0.450 e. The molecule has 0 aliphatic carbocycles. The van der Waals surface area contributed by atoms with Crippen LogP contribution in [0.3, 0.4) is 0 Å². The van der Waals surface area contributed by atoms with Crippen LogP contribution in [-0.2, 0) is 0 Å². The van der Waals surface area contributed by atoms with E-state index in [1.807, 2.05) is 6.07 Å². The molecule has 0 N–H and O–H groups in total. The number of nitrogens with zero attached hydrogens (tertiary/aromatic N) is 1. The first-order chi connectivity index (χ1) is 9.51. The van der Waals surface area contributed by atoms with Crippen LogP contribution in [0, 0.1) is 24.0 Å². The zero-order valence-corrected chi connectivity index (χ0v) is 11.1. The molecule has 0 spiro atoms. The summed E-state index contributed by atoms with van der Waals surface area (Å²) in [6.07, 6.45) is 0.726. The number of ether oxygens (including phenoxy) is 1. The van der Waals surface area contributed by atoms with E-state index in [9.17, 15) is 14.9 Å². The summed E-state index contributed by atoms with van der Waals surface area (Å²) in [5.41, 5.74) is 1.95. The van der Waals surface area contributed by atoms with E-state index in [0.29, 0.717) is 16.9 Å². The van der Waals surface area contributed by atoms with Gasteiger partial charge in [0.25, 0.3) is 0 Å². The molecule has 2 aromatic carbocycles. The van der Waals surface area contributed by atoms with Crippen molar-refractivity contribution in [2.75, 3.05) is 0 Å². The Labute approximate surface area is 116 Å². The molecule has 0 aliphatic rings. The maximum atomic E-state index is 11.1. The number of hydrogen-bond donors (Lipinski definition) is 0. The lowest BCUT2D eigenvalue weighted by molar-refractivity contribution is -0.385. The van der Waals surface area contributed by atoms with Gasteiger partial charge in [-0.15, -0.1) is 0 Å². The lowest BCUT2D eigenvalue weighted by Crippen LogP contribution is -1.97.